The maximum absolute atomic E-state index is 12.3. The monoisotopic (exact) mass is 363 g/mol. The first-order valence-electron chi connectivity index (χ1n) is 9.54. The molecule has 140 valence electrons. The summed E-state index contributed by atoms with van der Waals surface area (Å²) in [5.74, 6) is -0.327. The Morgan fingerprint density at radius 3 is 2.74 bits per heavy atom. The number of hydrogen-bond acceptors (Lipinski definition) is 4. The highest BCUT2D eigenvalue weighted by Crippen LogP contribution is 2.34. The van der Waals surface area contributed by atoms with Gasteiger partial charge in [0.05, 0.1) is 18.9 Å². The highest BCUT2D eigenvalue weighted by Gasteiger charge is 2.30. The van der Waals surface area contributed by atoms with Crippen molar-refractivity contribution in [2.75, 3.05) is 38.2 Å². The Labute approximate surface area is 160 Å². The molecule has 1 amide bonds. The predicted molar refractivity (Wildman–Crippen MR) is 108 cm³/mol. The smallest absolute Gasteiger partial charge is 0.237 e. The maximum atomic E-state index is 12.3. The molecule has 0 saturated carbocycles. The third-order valence-corrected chi connectivity index (χ3v) is 5.30. The van der Waals surface area contributed by atoms with Crippen molar-refractivity contribution in [1.29, 1.82) is 0 Å². The van der Waals surface area contributed by atoms with Crippen LogP contribution in [0.2, 0.25) is 0 Å². The molecule has 2 heterocycles. The first-order valence-corrected chi connectivity index (χ1v) is 9.54. The predicted octanol–water partition coefficient (Wildman–Crippen LogP) is 3.31. The number of fused-ring (bicyclic) bond motifs is 1. The molecule has 2 aromatic rings. The lowest BCUT2D eigenvalue weighted by molar-refractivity contribution is -0.115. The van der Waals surface area contributed by atoms with E-state index in [9.17, 15) is 4.79 Å². The zero-order chi connectivity index (χ0) is 18.6. The van der Waals surface area contributed by atoms with Gasteiger partial charge in [-0.15, -0.1) is 0 Å². The summed E-state index contributed by atoms with van der Waals surface area (Å²) in [4.78, 5) is 19.3. The molecule has 0 aliphatic carbocycles. The zero-order valence-corrected chi connectivity index (χ0v) is 15.6. The Morgan fingerprint density at radius 2 is 1.96 bits per heavy atom. The Balaban J connectivity index is 1.39. The minimum atomic E-state index is -0.317. The number of morpholine rings is 1. The first-order chi connectivity index (χ1) is 13.2. The Bertz CT molecular complexity index is 839. The highest BCUT2D eigenvalue weighted by molar-refractivity contribution is 6.13. The van der Waals surface area contributed by atoms with Crippen LogP contribution < -0.4 is 5.32 Å². The number of anilines is 1. The van der Waals surface area contributed by atoms with Gasteiger partial charge in [-0.1, -0.05) is 24.3 Å². The van der Waals surface area contributed by atoms with Gasteiger partial charge in [0, 0.05) is 31.5 Å². The van der Waals surface area contributed by atoms with E-state index in [0.29, 0.717) is 0 Å². The summed E-state index contributed by atoms with van der Waals surface area (Å²) < 4.78 is 5.39. The first kappa shape index (κ1) is 17.9. The fourth-order valence-corrected chi connectivity index (χ4v) is 3.71. The minimum Gasteiger partial charge on any atom is -0.379 e. The van der Waals surface area contributed by atoms with Gasteiger partial charge in [0.15, 0.2) is 0 Å². The van der Waals surface area contributed by atoms with Gasteiger partial charge in [0.1, 0.15) is 5.92 Å². The van der Waals surface area contributed by atoms with Crippen molar-refractivity contribution < 1.29 is 9.53 Å². The van der Waals surface area contributed by atoms with E-state index < -0.39 is 0 Å². The van der Waals surface area contributed by atoms with Crippen LogP contribution in [-0.2, 0) is 16.0 Å². The van der Waals surface area contributed by atoms with Crippen LogP contribution >= 0.6 is 0 Å². The van der Waals surface area contributed by atoms with Gasteiger partial charge in [0.25, 0.3) is 0 Å². The lowest BCUT2D eigenvalue weighted by Crippen LogP contribution is -2.37. The van der Waals surface area contributed by atoms with Crippen LogP contribution in [0.15, 0.2) is 47.5 Å². The van der Waals surface area contributed by atoms with Crippen LogP contribution in [0.25, 0.3) is 0 Å². The Morgan fingerprint density at radius 1 is 1.19 bits per heavy atom. The van der Waals surface area contributed by atoms with E-state index in [4.69, 9.17) is 4.74 Å². The van der Waals surface area contributed by atoms with Gasteiger partial charge >= 0.3 is 0 Å². The van der Waals surface area contributed by atoms with E-state index in [1.807, 2.05) is 37.3 Å². The normalized spacial score (nSPS) is 20.0. The van der Waals surface area contributed by atoms with E-state index in [2.05, 4.69) is 27.3 Å². The fourth-order valence-electron chi connectivity index (χ4n) is 3.71. The Hall–Kier alpha value is -2.50. The van der Waals surface area contributed by atoms with Crippen molar-refractivity contribution in [2.45, 2.75) is 19.3 Å². The number of amides is 1. The third-order valence-electron chi connectivity index (χ3n) is 5.30. The van der Waals surface area contributed by atoms with Gasteiger partial charge in [-0.25, -0.2) is 0 Å². The summed E-state index contributed by atoms with van der Waals surface area (Å²) in [7, 11) is 0. The van der Waals surface area contributed by atoms with Crippen molar-refractivity contribution in [1.82, 2.24) is 4.90 Å². The van der Waals surface area contributed by atoms with Gasteiger partial charge in [-0.05, 0) is 48.2 Å². The molecule has 0 aromatic heterocycles. The molecular formula is C22H25N3O2. The van der Waals surface area contributed by atoms with Crippen LogP contribution in [-0.4, -0.2) is 49.9 Å². The fraction of sp³-hybridized carbons (Fsp3) is 0.364. The van der Waals surface area contributed by atoms with Crippen molar-refractivity contribution in [3.8, 4) is 0 Å². The summed E-state index contributed by atoms with van der Waals surface area (Å²) in [5.41, 5.74) is 5.23. The zero-order valence-electron chi connectivity index (χ0n) is 15.6. The molecule has 27 heavy (non-hydrogen) atoms. The molecular weight excluding hydrogens is 338 g/mol. The van der Waals surface area contributed by atoms with Crippen LogP contribution in [0.3, 0.4) is 0 Å². The van der Waals surface area contributed by atoms with Crippen LogP contribution in [0.4, 0.5) is 11.4 Å². The molecule has 1 saturated heterocycles. The number of nitrogens with zero attached hydrogens (tertiary/aromatic N) is 2. The molecule has 1 atom stereocenters. The van der Waals surface area contributed by atoms with Crippen LogP contribution in [0, 0.1) is 6.92 Å². The second-order valence-corrected chi connectivity index (χ2v) is 7.15. The van der Waals surface area contributed by atoms with Crippen LogP contribution in [0.5, 0.6) is 0 Å². The highest BCUT2D eigenvalue weighted by atomic mass is 16.5. The van der Waals surface area contributed by atoms with Gasteiger partial charge in [0.2, 0.25) is 5.91 Å². The number of ether oxygens (including phenoxy) is 1. The Kier molecular flexibility index (Phi) is 5.32. The van der Waals surface area contributed by atoms with Crippen molar-refractivity contribution in [2.24, 2.45) is 4.99 Å². The van der Waals surface area contributed by atoms with Crippen molar-refractivity contribution in [3.05, 3.63) is 59.2 Å². The number of aryl methyl sites for hydroxylation is 1. The standard InChI is InChI=1S/C22H25N3O2/c1-16-3-2-4-20-21(16)19(22(26)24-20)15-23-18-7-5-17(6-8-18)9-10-25-11-13-27-14-12-25/h2-8,15,19H,9-14H2,1H3,(H,24,26). The third kappa shape index (κ3) is 4.10. The van der Waals surface area contributed by atoms with Gasteiger partial charge in [-0.2, -0.15) is 0 Å². The molecule has 2 aliphatic rings. The molecule has 0 spiro atoms. The molecule has 0 bridgehead atoms. The number of aliphatic imine (C=N–C) groups is 1. The second kappa shape index (κ2) is 8.03. The number of carbonyl (C=O) groups excluding carboxylic acids is 1. The summed E-state index contributed by atoms with van der Waals surface area (Å²) in [5, 5.41) is 2.94. The van der Waals surface area contributed by atoms with E-state index in [1.165, 1.54) is 5.56 Å². The number of nitrogens with one attached hydrogen (secondary N) is 1. The number of hydrogen-bond donors (Lipinski definition) is 1. The summed E-state index contributed by atoms with van der Waals surface area (Å²) >= 11 is 0. The van der Waals surface area contributed by atoms with E-state index in [-0.39, 0.29) is 11.8 Å². The van der Waals surface area contributed by atoms with Gasteiger partial charge < -0.3 is 10.1 Å². The molecule has 0 radical (unpaired) electrons. The lowest BCUT2D eigenvalue weighted by atomic mass is 9.97. The topological polar surface area (TPSA) is 53.9 Å². The molecule has 1 unspecified atom stereocenters. The summed E-state index contributed by atoms with van der Waals surface area (Å²) in [6, 6.07) is 14.2. The number of carbonyl (C=O) groups is 1. The average Bonchev–Trinajstić information content (AvgIpc) is 3.03. The molecule has 2 aliphatic heterocycles. The summed E-state index contributed by atoms with van der Waals surface area (Å²) in [6.07, 6.45) is 2.79. The minimum absolute atomic E-state index is 0.00909. The van der Waals surface area contributed by atoms with Crippen molar-refractivity contribution >= 4 is 23.5 Å². The molecule has 4 rings (SSSR count). The largest absolute Gasteiger partial charge is 0.379 e. The molecule has 5 heteroatoms. The van der Waals surface area contributed by atoms with E-state index in [0.717, 1.165) is 61.8 Å². The van der Waals surface area contributed by atoms with Gasteiger partial charge in [-0.3, -0.25) is 14.7 Å². The number of benzene rings is 2. The van der Waals surface area contributed by atoms with E-state index >= 15 is 0 Å². The molecule has 5 nitrogen and oxygen atoms in total. The quantitative estimate of drug-likeness (QED) is 0.829. The number of rotatable bonds is 5. The maximum Gasteiger partial charge on any atom is 0.237 e. The second-order valence-electron chi connectivity index (χ2n) is 7.15. The molecule has 2 aromatic carbocycles. The molecule has 1 N–H and O–H groups in total. The van der Waals surface area contributed by atoms with E-state index in [1.54, 1.807) is 6.21 Å². The van der Waals surface area contributed by atoms with Crippen molar-refractivity contribution in [3.63, 3.8) is 0 Å². The van der Waals surface area contributed by atoms with Crippen LogP contribution in [0.1, 0.15) is 22.6 Å². The molecule has 1 fully saturated rings. The summed E-state index contributed by atoms with van der Waals surface area (Å²) in [6.45, 7) is 6.81. The lowest BCUT2D eigenvalue weighted by Gasteiger charge is -2.26. The SMILES string of the molecule is Cc1cccc2c1C(C=Nc1ccc(CCN3CCOCC3)cc1)C(=O)N2. The average molecular weight is 363 g/mol.